The van der Waals surface area contributed by atoms with Crippen molar-refractivity contribution in [2.24, 2.45) is 0 Å². The van der Waals surface area contributed by atoms with Crippen LogP contribution >= 0.6 is 12.6 Å². The van der Waals surface area contributed by atoms with Gasteiger partial charge in [-0.15, -0.1) is 0 Å². The lowest BCUT2D eigenvalue weighted by atomic mass is 10.2. The van der Waals surface area contributed by atoms with Crippen LogP contribution in [0.25, 0.3) is 0 Å². The van der Waals surface area contributed by atoms with Gasteiger partial charge in [0.05, 0.1) is 11.4 Å². The van der Waals surface area contributed by atoms with Gasteiger partial charge in [0.25, 0.3) is 0 Å². The molecule has 0 aliphatic heterocycles. The first-order valence-corrected chi connectivity index (χ1v) is 4.61. The van der Waals surface area contributed by atoms with Crippen LogP contribution in [0.15, 0.2) is 12.4 Å². The summed E-state index contributed by atoms with van der Waals surface area (Å²) in [5, 5.41) is 0. The summed E-state index contributed by atoms with van der Waals surface area (Å²) in [5.74, 6) is 0.889. The molecule has 0 aliphatic rings. The van der Waals surface area contributed by atoms with Crippen LogP contribution in [0.5, 0.6) is 0 Å². The minimum atomic E-state index is 0.458. The largest absolute Gasteiger partial charge is 0.258 e. The first-order chi connectivity index (χ1) is 5.86. The van der Waals surface area contributed by atoms with E-state index in [0.29, 0.717) is 6.42 Å². The van der Waals surface area contributed by atoms with Gasteiger partial charge in [-0.1, -0.05) is 0 Å². The zero-order valence-corrected chi connectivity index (χ0v) is 7.80. The van der Waals surface area contributed by atoms with Crippen LogP contribution in [0.2, 0.25) is 0 Å². The van der Waals surface area contributed by atoms with E-state index < -0.39 is 0 Å². The number of rotatable bonds is 4. The van der Waals surface area contributed by atoms with Crippen molar-refractivity contribution >= 4 is 12.6 Å². The molecule has 0 saturated carbocycles. The molecule has 0 aromatic carbocycles. The monoisotopic (exact) mass is 180 g/mol. The molecule has 64 valence electrons. The summed E-state index contributed by atoms with van der Waals surface area (Å²) in [6.07, 6.45) is 5.96. The molecule has 0 unspecified atom stereocenters. The Hall–Kier alpha value is -0.570. The molecule has 2 radical (unpaired) electrons. The van der Waals surface area contributed by atoms with E-state index in [1.54, 1.807) is 12.4 Å². The number of nitrogens with zero attached hydrogens (tertiary/aromatic N) is 2. The molecule has 1 heterocycles. The first-order valence-electron chi connectivity index (χ1n) is 3.97. The summed E-state index contributed by atoms with van der Waals surface area (Å²) in [5.41, 5.74) is 1.85. The summed E-state index contributed by atoms with van der Waals surface area (Å²) >= 11 is 4.12. The maximum Gasteiger partial charge on any atom is 0.0589 e. The van der Waals surface area contributed by atoms with Crippen LogP contribution in [-0.2, 0) is 12.8 Å². The Bertz CT molecular complexity index is 220. The number of hydrogen-bond donors (Lipinski definition) is 1. The molecule has 0 spiro atoms. The Labute approximate surface area is 78.9 Å². The van der Waals surface area contributed by atoms with Gasteiger partial charge in [-0.25, -0.2) is 0 Å². The van der Waals surface area contributed by atoms with Crippen molar-refractivity contribution in [1.29, 1.82) is 0 Å². The van der Waals surface area contributed by atoms with Crippen molar-refractivity contribution in [2.75, 3.05) is 5.75 Å². The van der Waals surface area contributed by atoms with E-state index in [1.807, 2.05) is 0 Å². The predicted molar refractivity (Wildman–Crippen MR) is 52.2 cm³/mol. The maximum atomic E-state index is 5.39. The van der Waals surface area contributed by atoms with Crippen LogP contribution in [-0.4, -0.2) is 15.7 Å². The van der Waals surface area contributed by atoms with Gasteiger partial charge in [0.2, 0.25) is 0 Å². The van der Waals surface area contributed by atoms with Crippen molar-refractivity contribution in [1.82, 2.24) is 9.97 Å². The smallest absolute Gasteiger partial charge is 0.0589 e. The number of thiol groups is 1. The molecular formula is C9H12N2S. The summed E-state index contributed by atoms with van der Waals surface area (Å²) in [6.45, 7) is 5.39. The summed E-state index contributed by atoms with van der Waals surface area (Å²) in [7, 11) is 0. The van der Waals surface area contributed by atoms with Crippen LogP contribution < -0.4 is 0 Å². The van der Waals surface area contributed by atoms with Crippen LogP contribution in [0.1, 0.15) is 17.8 Å². The molecule has 12 heavy (non-hydrogen) atoms. The van der Waals surface area contributed by atoms with E-state index in [-0.39, 0.29) is 0 Å². The second-order valence-corrected chi connectivity index (χ2v) is 2.98. The lowest BCUT2D eigenvalue weighted by Crippen LogP contribution is -1.95. The van der Waals surface area contributed by atoms with Crippen molar-refractivity contribution in [3.05, 3.63) is 30.7 Å². The van der Waals surface area contributed by atoms with E-state index in [9.17, 15) is 0 Å². The normalized spacial score (nSPS) is 10.2. The molecule has 0 bridgehead atoms. The highest BCUT2D eigenvalue weighted by molar-refractivity contribution is 7.80. The highest BCUT2D eigenvalue weighted by atomic mass is 32.1. The Morgan fingerprint density at radius 1 is 1.25 bits per heavy atom. The molecule has 0 atom stereocenters. The Morgan fingerprint density at radius 2 is 1.92 bits per heavy atom. The van der Waals surface area contributed by atoms with Crippen LogP contribution in [0.4, 0.5) is 0 Å². The highest BCUT2D eigenvalue weighted by Gasteiger charge is 1.94. The topological polar surface area (TPSA) is 25.8 Å². The van der Waals surface area contributed by atoms with Gasteiger partial charge in [0.15, 0.2) is 0 Å². The Kier molecular flexibility index (Phi) is 4.08. The third-order valence-electron chi connectivity index (χ3n) is 1.56. The highest BCUT2D eigenvalue weighted by Crippen LogP contribution is 2.00. The van der Waals surface area contributed by atoms with Gasteiger partial charge < -0.3 is 0 Å². The van der Waals surface area contributed by atoms with E-state index in [2.05, 4.69) is 22.6 Å². The van der Waals surface area contributed by atoms with E-state index in [4.69, 9.17) is 6.92 Å². The van der Waals surface area contributed by atoms with Gasteiger partial charge in [-0.3, -0.25) is 9.97 Å². The summed E-state index contributed by atoms with van der Waals surface area (Å²) < 4.78 is 0. The van der Waals surface area contributed by atoms with Crippen molar-refractivity contribution in [3.8, 4) is 0 Å². The second-order valence-electron chi connectivity index (χ2n) is 2.53. The average molecular weight is 180 g/mol. The lowest BCUT2D eigenvalue weighted by Gasteiger charge is -1.98. The van der Waals surface area contributed by atoms with Gasteiger partial charge in [-0.2, -0.15) is 12.6 Å². The van der Waals surface area contributed by atoms with Crippen molar-refractivity contribution in [3.63, 3.8) is 0 Å². The van der Waals surface area contributed by atoms with Crippen LogP contribution in [0, 0.1) is 6.92 Å². The third kappa shape index (κ3) is 2.81. The van der Waals surface area contributed by atoms with Gasteiger partial charge in [0, 0.05) is 12.4 Å². The zero-order valence-electron chi connectivity index (χ0n) is 6.90. The van der Waals surface area contributed by atoms with E-state index >= 15 is 0 Å². The number of aryl methyl sites for hydroxylation is 1. The second kappa shape index (κ2) is 5.14. The molecule has 0 saturated heterocycles. The Balaban J connectivity index is 2.53. The molecule has 1 rings (SSSR count). The first kappa shape index (κ1) is 9.52. The minimum Gasteiger partial charge on any atom is -0.258 e. The molecule has 1 aromatic rings. The standard InChI is InChI=1S/C9H12N2S/c1-2-8-6-11-9(7-10-8)4-3-5-12/h1,6-7,12H,2-5H2. The quantitative estimate of drug-likeness (QED) is 0.712. The molecule has 0 fully saturated rings. The molecule has 0 amide bonds. The van der Waals surface area contributed by atoms with Gasteiger partial charge in [0.1, 0.15) is 0 Å². The van der Waals surface area contributed by atoms with Gasteiger partial charge in [-0.05, 0) is 31.9 Å². The predicted octanol–water partition coefficient (Wildman–Crippen LogP) is 1.59. The zero-order chi connectivity index (χ0) is 8.81. The lowest BCUT2D eigenvalue weighted by molar-refractivity contribution is 0.869. The average Bonchev–Trinajstić information content (AvgIpc) is 2.15. The van der Waals surface area contributed by atoms with Crippen molar-refractivity contribution in [2.45, 2.75) is 19.3 Å². The van der Waals surface area contributed by atoms with Gasteiger partial charge >= 0.3 is 0 Å². The fourth-order valence-electron chi connectivity index (χ4n) is 0.876. The molecule has 2 nitrogen and oxygen atoms in total. The number of aromatic nitrogens is 2. The third-order valence-corrected chi connectivity index (χ3v) is 1.88. The molecule has 3 heteroatoms. The SMILES string of the molecule is [CH]Cc1cnc(CCCS)cn1. The fraction of sp³-hybridized carbons (Fsp3) is 0.444. The fourth-order valence-corrected chi connectivity index (χ4v) is 1.03. The molecule has 1 aromatic heterocycles. The Morgan fingerprint density at radius 3 is 2.42 bits per heavy atom. The maximum absolute atomic E-state index is 5.39. The molecular weight excluding hydrogens is 168 g/mol. The number of hydrogen-bond acceptors (Lipinski definition) is 3. The van der Waals surface area contributed by atoms with Crippen molar-refractivity contribution < 1.29 is 0 Å². The summed E-state index contributed by atoms with van der Waals surface area (Å²) in [6, 6.07) is 0. The summed E-state index contributed by atoms with van der Waals surface area (Å²) in [4.78, 5) is 8.35. The molecule has 0 N–H and O–H groups in total. The van der Waals surface area contributed by atoms with Crippen LogP contribution in [0.3, 0.4) is 0 Å². The molecule has 0 aliphatic carbocycles. The minimum absolute atomic E-state index is 0.458. The van der Waals surface area contributed by atoms with E-state index in [1.165, 1.54) is 0 Å². The van der Waals surface area contributed by atoms with E-state index in [0.717, 1.165) is 30.0 Å².